The van der Waals surface area contributed by atoms with E-state index in [1.807, 2.05) is 12.4 Å². The van der Waals surface area contributed by atoms with Gasteiger partial charge in [-0.25, -0.2) is 9.97 Å². The first-order chi connectivity index (χ1) is 8.26. The van der Waals surface area contributed by atoms with Crippen molar-refractivity contribution >= 4 is 13.8 Å². The van der Waals surface area contributed by atoms with Crippen molar-refractivity contribution in [2.75, 3.05) is 18.0 Å². The van der Waals surface area contributed by atoms with Gasteiger partial charge in [-0.15, -0.1) is 0 Å². The molecule has 88 valence electrons. The van der Waals surface area contributed by atoms with Gasteiger partial charge in [-0.3, -0.25) is 0 Å². The zero-order valence-corrected chi connectivity index (χ0v) is 10.3. The summed E-state index contributed by atoms with van der Waals surface area (Å²) in [6, 6.07) is 0. The third-order valence-electron chi connectivity index (χ3n) is 4.17. The van der Waals surface area contributed by atoms with Crippen LogP contribution in [0, 0.1) is 11.8 Å². The van der Waals surface area contributed by atoms with Crippen LogP contribution in [-0.4, -0.2) is 30.9 Å². The van der Waals surface area contributed by atoms with Gasteiger partial charge >= 0.3 is 0 Å². The van der Waals surface area contributed by atoms with Crippen molar-refractivity contribution in [1.29, 1.82) is 0 Å². The summed E-state index contributed by atoms with van der Waals surface area (Å²) in [6.07, 6.45) is 7.24. The van der Waals surface area contributed by atoms with Crippen LogP contribution in [0.15, 0.2) is 12.4 Å². The summed E-state index contributed by atoms with van der Waals surface area (Å²) in [5.41, 5.74) is 1.20. The van der Waals surface area contributed by atoms with Crippen LogP contribution in [0.25, 0.3) is 0 Å². The van der Waals surface area contributed by atoms with Gasteiger partial charge in [0.25, 0.3) is 0 Å². The van der Waals surface area contributed by atoms with Crippen molar-refractivity contribution in [3.63, 3.8) is 0 Å². The van der Waals surface area contributed by atoms with Crippen LogP contribution in [0.5, 0.6) is 0 Å². The molecule has 17 heavy (non-hydrogen) atoms. The Hall–Kier alpha value is -1.06. The molecule has 0 amide bonds. The van der Waals surface area contributed by atoms with Crippen molar-refractivity contribution in [1.82, 2.24) is 9.97 Å². The molecule has 0 N–H and O–H groups in total. The maximum Gasteiger partial charge on any atom is 0.225 e. The van der Waals surface area contributed by atoms with Crippen LogP contribution >= 0.6 is 0 Å². The first-order valence-electron chi connectivity index (χ1n) is 6.57. The second kappa shape index (κ2) is 4.32. The van der Waals surface area contributed by atoms with Crippen molar-refractivity contribution in [2.45, 2.75) is 32.0 Å². The molecule has 1 saturated heterocycles. The summed E-state index contributed by atoms with van der Waals surface area (Å²) in [5, 5.41) is 0. The Morgan fingerprint density at radius 2 is 1.82 bits per heavy atom. The van der Waals surface area contributed by atoms with Crippen LogP contribution in [0.3, 0.4) is 0 Å². The van der Waals surface area contributed by atoms with Crippen molar-refractivity contribution in [3.8, 4) is 0 Å². The molecule has 1 aromatic rings. The molecule has 2 atom stereocenters. The molecule has 1 aromatic heterocycles. The molecule has 3 rings (SSSR count). The van der Waals surface area contributed by atoms with Crippen LogP contribution in [0.4, 0.5) is 5.95 Å². The Morgan fingerprint density at radius 1 is 1.24 bits per heavy atom. The van der Waals surface area contributed by atoms with Crippen LogP contribution < -0.4 is 4.90 Å². The summed E-state index contributed by atoms with van der Waals surface area (Å²) in [7, 11) is 6.00. The van der Waals surface area contributed by atoms with E-state index in [0.717, 1.165) is 37.3 Å². The highest BCUT2D eigenvalue weighted by atomic mass is 15.3. The highest BCUT2D eigenvalue weighted by molar-refractivity contribution is 6.11. The number of aryl methyl sites for hydroxylation is 1. The average molecular weight is 227 g/mol. The first kappa shape index (κ1) is 11.1. The average Bonchev–Trinajstić information content (AvgIpc) is 2.86. The maximum absolute atomic E-state index is 6.00. The van der Waals surface area contributed by atoms with Gasteiger partial charge in [0.1, 0.15) is 0 Å². The van der Waals surface area contributed by atoms with Crippen molar-refractivity contribution in [2.24, 2.45) is 11.8 Å². The van der Waals surface area contributed by atoms with E-state index >= 15 is 0 Å². The Kier molecular flexibility index (Phi) is 2.81. The van der Waals surface area contributed by atoms with Gasteiger partial charge in [0.05, 0.1) is 7.85 Å². The molecule has 2 radical (unpaired) electrons. The summed E-state index contributed by atoms with van der Waals surface area (Å²) in [5.74, 6) is 2.85. The van der Waals surface area contributed by atoms with Gasteiger partial charge in [0, 0.05) is 25.5 Å². The molecule has 3 nitrogen and oxygen atoms in total. The first-order valence-corrected chi connectivity index (χ1v) is 6.57. The predicted octanol–water partition coefficient (Wildman–Crippen LogP) is 1.84. The monoisotopic (exact) mass is 227 g/mol. The zero-order valence-electron chi connectivity index (χ0n) is 10.3. The fraction of sp³-hybridized carbons (Fsp3) is 0.692. The highest BCUT2D eigenvalue weighted by Gasteiger charge is 2.39. The second-order valence-electron chi connectivity index (χ2n) is 5.40. The van der Waals surface area contributed by atoms with E-state index in [0.29, 0.717) is 5.82 Å². The molecule has 1 aliphatic carbocycles. The standard InChI is InChI=1S/C13H18BN3/c1-2-9-5-15-13(16-6-9)17-7-10-3-12(14)4-11(10)8-17/h5-6,10-12H,2-4,7-8H2,1H3. The smallest absolute Gasteiger partial charge is 0.225 e. The van der Waals surface area contributed by atoms with Crippen molar-refractivity contribution in [3.05, 3.63) is 18.0 Å². The Balaban J connectivity index is 1.70. The van der Waals surface area contributed by atoms with Gasteiger partial charge in [-0.2, -0.15) is 0 Å². The molecular formula is C13H18BN3. The van der Waals surface area contributed by atoms with Gasteiger partial charge < -0.3 is 4.90 Å². The minimum atomic E-state index is 0.426. The molecular weight excluding hydrogens is 209 g/mol. The van der Waals surface area contributed by atoms with E-state index in [9.17, 15) is 0 Å². The van der Waals surface area contributed by atoms with Gasteiger partial charge in [-0.1, -0.05) is 25.6 Å². The number of nitrogens with zero attached hydrogens (tertiary/aromatic N) is 3. The lowest BCUT2D eigenvalue weighted by Crippen LogP contribution is -2.23. The van der Waals surface area contributed by atoms with E-state index in [4.69, 9.17) is 7.85 Å². The molecule has 0 bridgehead atoms. The quantitative estimate of drug-likeness (QED) is 0.722. The maximum atomic E-state index is 6.00. The molecule has 1 saturated carbocycles. The summed E-state index contributed by atoms with van der Waals surface area (Å²) >= 11 is 0. The third kappa shape index (κ3) is 2.05. The highest BCUT2D eigenvalue weighted by Crippen LogP contribution is 2.43. The summed E-state index contributed by atoms with van der Waals surface area (Å²) < 4.78 is 0. The number of hydrogen-bond donors (Lipinski definition) is 0. The molecule has 1 aliphatic heterocycles. The minimum absolute atomic E-state index is 0.426. The molecule has 2 unspecified atom stereocenters. The van der Waals surface area contributed by atoms with Gasteiger partial charge in [0.15, 0.2) is 0 Å². The topological polar surface area (TPSA) is 29.0 Å². The number of anilines is 1. The van der Waals surface area contributed by atoms with E-state index in [-0.39, 0.29) is 0 Å². The SMILES string of the molecule is [B]C1CC2CN(c3ncc(CC)cn3)CC2C1. The number of hydrogen-bond acceptors (Lipinski definition) is 3. The predicted molar refractivity (Wildman–Crippen MR) is 69.3 cm³/mol. The van der Waals surface area contributed by atoms with E-state index < -0.39 is 0 Å². The molecule has 0 spiro atoms. The summed E-state index contributed by atoms with van der Waals surface area (Å²) in [4.78, 5) is 11.2. The summed E-state index contributed by atoms with van der Waals surface area (Å²) in [6.45, 7) is 4.30. The minimum Gasteiger partial charge on any atom is -0.340 e. The molecule has 4 heteroatoms. The van der Waals surface area contributed by atoms with E-state index in [2.05, 4.69) is 21.8 Å². The van der Waals surface area contributed by atoms with E-state index in [1.165, 1.54) is 18.4 Å². The molecule has 2 aliphatic rings. The van der Waals surface area contributed by atoms with Gasteiger partial charge in [0.2, 0.25) is 5.95 Å². The molecule has 2 fully saturated rings. The molecule has 0 aromatic carbocycles. The third-order valence-corrected chi connectivity index (χ3v) is 4.17. The largest absolute Gasteiger partial charge is 0.340 e. The lowest BCUT2D eigenvalue weighted by Gasteiger charge is -2.18. The lowest BCUT2D eigenvalue weighted by atomic mass is 9.85. The van der Waals surface area contributed by atoms with Crippen molar-refractivity contribution < 1.29 is 0 Å². The van der Waals surface area contributed by atoms with E-state index in [1.54, 1.807) is 0 Å². The van der Waals surface area contributed by atoms with Crippen LogP contribution in [-0.2, 0) is 6.42 Å². The number of rotatable bonds is 2. The normalized spacial score (nSPS) is 31.8. The fourth-order valence-corrected chi connectivity index (χ4v) is 3.20. The lowest BCUT2D eigenvalue weighted by molar-refractivity contribution is 0.494. The van der Waals surface area contributed by atoms with Crippen LogP contribution in [0.1, 0.15) is 25.3 Å². The number of aromatic nitrogens is 2. The fourth-order valence-electron chi connectivity index (χ4n) is 3.20. The Labute approximate surface area is 104 Å². The second-order valence-corrected chi connectivity index (χ2v) is 5.40. The Bertz CT molecular complexity index is 378. The number of fused-ring (bicyclic) bond motifs is 1. The van der Waals surface area contributed by atoms with Gasteiger partial charge in [-0.05, 0) is 23.8 Å². The Morgan fingerprint density at radius 3 is 2.35 bits per heavy atom. The van der Waals surface area contributed by atoms with Crippen LogP contribution in [0.2, 0.25) is 5.82 Å². The zero-order chi connectivity index (χ0) is 11.8. The molecule has 2 heterocycles.